The predicted octanol–water partition coefficient (Wildman–Crippen LogP) is 1.41. The SMILES string of the molecule is Cc1c(CNC(=O)N(C)Cc2cccn2C)cnn1C. The zero-order valence-corrected chi connectivity index (χ0v) is 12.4. The lowest BCUT2D eigenvalue weighted by atomic mass is 10.2. The Morgan fingerprint density at radius 2 is 2.20 bits per heavy atom. The van der Waals surface area contributed by atoms with E-state index in [1.54, 1.807) is 22.8 Å². The number of amides is 2. The molecule has 2 amide bonds. The number of hydrogen-bond acceptors (Lipinski definition) is 2. The first-order valence-electron chi connectivity index (χ1n) is 6.55. The molecular weight excluding hydrogens is 254 g/mol. The molecule has 2 heterocycles. The molecule has 0 aliphatic heterocycles. The van der Waals surface area contributed by atoms with Crippen LogP contribution in [0.4, 0.5) is 4.79 Å². The van der Waals surface area contributed by atoms with E-state index in [1.165, 1.54) is 0 Å². The van der Waals surface area contributed by atoms with Crippen molar-refractivity contribution < 1.29 is 4.79 Å². The molecule has 0 spiro atoms. The Bertz CT molecular complexity index is 598. The summed E-state index contributed by atoms with van der Waals surface area (Å²) in [5, 5.41) is 7.07. The summed E-state index contributed by atoms with van der Waals surface area (Å²) in [5.41, 5.74) is 3.20. The van der Waals surface area contributed by atoms with Gasteiger partial charge in [-0.15, -0.1) is 0 Å². The van der Waals surface area contributed by atoms with E-state index in [-0.39, 0.29) is 6.03 Å². The largest absolute Gasteiger partial charge is 0.353 e. The van der Waals surface area contributed by atoms with Gasteiger partial charge in [-0.25, -0.2) is 4.79 Å². The van der Waals surface area contributed by atoms with E-state index in [0.29, 0.717) is 13.1 Å². The predicted molar refractivity (Wildman–Crippen MR) is 77.1 cm³/mol. The molecule has 0 radical (unpaired) electrons. The first-order chi connectivity index (χ1) is 9.49. The Morgan fingerprint density at radius 3 is 2.75 bits per heavy atom. The number of aromatic nitrogens is 3. The van der Waals surface area contributed by atoms with E-state index in [1.807, 2.05) is 43.9 Å². The second kappa shape index (κ2) is 5.81. The molecule has 2 rings (SSSR count). The summed E-state index contributed by atoms with van der Waals surface area (Å²) < 4.78 is 3.81. The van der Waals surface area contributed by atoms with Crippen molar-refractivity contribution in [2.45, 2.75) is 20.0 Å². The van der Waals surface area contributed by atoms with Crippen molar-refractivity contribution in [3.05, 3.63) is 41.5 Å². The zero-order valence-electron chi connectivity index (χ0n) is 12.4. The molecule has 2 aromatic rings. The number of carbonyl (C=O) groups excluding carboxylic acids is 1. The maximum absolute atomic E-state index is 12.1. The molecule has 6 nitrogen and oxygen atoms in total. The summed E-state index contributed by atoms with van der Waals surface area (Å²) in [6, 6.07) is 3.89. The Morgan fingerprint density at radius 1 is 1.45 bits per heavy atom. The van der Waals surface area contributed by atoms with Gasteiger partial charge in [-0.3, -0.25) is 4.68 Å². The Labute approximate surface area is 119 Å². The van der Waals surface area contributed by atoms with Crippen molar-refractivity contribution in [3.63, 3.8) is 0 Å². The molecule has 0 fully saturated rings. The summed E-state index contributed by atoms with van der Waals surface area (Å²) >= 11 is 0. The van der Waals surface area contributed by atoms with E-state index in [9.17, 15) is 4.79 Å². The second-order valence-corrected chi connectivity index (χ2v) is 5.00. The molecule has 0 unspecified atom stereocenters. The van der Waals surface area contributed by atoms with Crippen LogP contribution in [0.2, 0.25) is 0 Å². The van der Waals surface area contributed by atoms with Gasteiger partial charge in [-0.1, -0.05) is 0 Å². The van der Waals surface area contributed by atoms with Crippen LogP contribution < -0.4 is 5.32 Å². The Hall–Kier alpha value is -2.24. The fourth-order valence-corrected chi connectivity index (χ4v) is 2.00. The van der Waals surface area contributed by atoms with Gasteiger partial charge in [0.2, 0.25) is 0 Å². The van der Waals surface area contributed by atoms with Gasteiger partial charge in [0.25, 0.3) is 0 Å². The standard InChI is InChI=1S/C14H21N5O/c1-11-12(9-16-19(11)4)8-15-14(20)18(3)10-13-6-5-7-17(13)2/h5-7,9H,8,10H2,1-4H3,(H,15,20). The third kappa shape index (κ3) is 3.01. The highest BCUT2D eigenvalue weighted by atomic mass is 16.2. The van der Waals surface area contributed by atoms with Gasteiger partial charge in [0, 0.05) is 50.8 Å². The highest BCUT2D eigenvalue weighted by Crippen LogP contribution is 2.06. The molecule has 0 aromatic carbocycles. The molecule has 108 valence electrons. The summed E-state index contributed by atoms with van der Waals surface area (Å²) in [6.45, 7) is 3.07. The van der Waals surface area contributed by atoms with Crippen LogP contribution in [0, 0.1) is 6.92 Å². The molecule has 1 N–H and O–H groups in total. The van der Waals surface area contributed by atoms with Crippen LogP contribution in [0.1, 0.15) is 17.0 Å². The molecule has 20 heavy (non-hydrogen) atoms. The summed E-state index contributed by atoms with van der Waals surface area (Å²) in [7, 11) is 5.65. The van der Waals surface area contributed by atoms with Crippen LogP contribution in [0.15, 0.2) is 24.5 Å². The number of aryl methyl sites for hydroxylation is 2. The van der Waals surface area contributed by atoms with Gasteiger partial charge in [-0.2, -0.15) is 5.10 Å². The minimum Gasteiger partial charge on any atom is -0.353 e. The van der Waals surface area contributed by atoms with E-state index in [0.717, 1.165) is 17.0 Å². The molecule has 0 saturated heterocycles. The second-order valence-electron chi connectivity index (χ2n) is 5.00. The number of rotatable bonds is 4. The number of nitrogens with one attached hydrogen (secondary N) is 1. The van der Waals surface area contributed by atoms with Crippen molar-refractivity contribution in [1.29, 1.82) is 0 Å². The van der Waals surface area contributed by atoms with Crippen LogP contribution in [-0.2, 0) is 27.2 Å². The molecule has 0 aliphatic carbocycles. The molecular formula is C14H21N5O. The van der Waals surface area contributed by atoms with Crippen LogP contribution >= 0.6 is 0 Å². The van der Waals surface area contributed by atoms with Gasteiger partial charge in [0.15, 0.2) is 0 Å². The lowest BCUT2D eigenvalue weighted by Gasteiger charge is -2.18. The van der Waals surface area contributed by atoms with Gasteiger partial charge in [-0.05, 0) is 19.1 Å². The van der Waals surface area contributed by atoms with E-state index < -0.39 is 0 Å². The van der Waals surface area contributed by atoms with Crippen LogP contribution in [0.25, 0.3) is 0 Å². The van der Waals surface area contributed by atoms with Crippen LogP contribution in [0.3, 0.4) is 0 Å². The third-order valence-corrected chi connectivity index (χ3v) is 3.56. The summed E-state index contributed by atoms with van der Waals surface area (Å²) in [6.07, 6.45) is 3.76. The van der Waals surface area contributed by atoms with Gasteiger partial charge in [0.1, 0.15) is 0 Å². The highest BCUT2D eigenvalue weighted by molar-refractivity contribution is 5.73. The molecule has 0 aliphatic rings. The maximum Gasteiger partial charge on any atom is 0.317 e. The van der Waals surface area contributed by atoms with Crippen LogP contribution in [0.5, 0.6) is 0 Å². The van der Waals surface area contributed by atoms with E-state index in [4.69, 9.17) is 0 Å². The number of hydrogen-bond donors (Lipinski definition) is 1. The third-order valence-electron chi connectivity index (χ3n) is 3.56. The topological polar surface area (TPSA) is 55.1 Å². The normalized spacial score (nSPS) is 10.6. The first-order valence-corrected chi connectivity index (χ1v) is 6.55. The highest BCUT2D eigenvalue weighted by Gasteiger charge is 2.11. The monoisotopic (exact) mass is 275 g/mol. The van der Waals surface area contributed by atoms with Gasteiger partial charge >= 0.3 is 6.03 Å². The average Bonchev–Trinajstić information content (AvgIpc) is 2.96. The minimum absolute atomic E-state index is 0.0885. The minimum atomic E-state index is -0.0885. The fraction of sp³-hybridized carbons (Fsp3) is 0.429. The van der Waals surface area contributed by atoms with Crippen LogP contribution in [-0.4, -0.2) is 32.3 Å². The lowest BCUT2D eigenvalue weighted by molar-refractivity contribution is 0.205. The summed E-state index contributed by atoms with van der Waals surface area (Å²) in [4.78, 5) is 13.7. The first kappa shape index (κ1) is 14.2. The smallest absolute Gasteiger partial charge is 0.317 e. The zero-order chi connectivity index (χ0) is 14.7. The van der Waals surface area contributed by atoms with Crippen molar-refractivity contribution in [3.8, 4) is 0 Å². The maximum atomic E-state index is 12.1. The average molecular weight is 275 g/mol. The van der Waals surface area contributed by atoms with Gasteiger partial charge < -0.3 is 14.8 Å². The molecule has 2 aromatic heterocycles. The Kier molecular flexibility index (Phi) is 4.12. The molecule has 0 atom stereocenters. The van der Waals surface area contributed by atoms with E-state index >= 15 is 0 Å². The summed E-state index contributed by atoms with van der Waals surface area (Å²) in [5.74, 6) is 0. The number of nitrogens with zero attached hydrogens (tertiary/aromatic N) is 4. The Balaban J connectivity index is 1.88. The van der Waals surface area contributed by atoms with Crippen molar-refractivity contribution in [1.82, 2.24) is 24.6 Å². The van der Waals surface area contributed by atoms with Crippen molar-refractivity contribution in [2.24, 2.45) is 14.1 Å². The quantitative estimate of drug-likeness (QED) is 0.917. The number of carbonyl (C=O) groups is 1. The molecule has 6 heteroatoms. The van der Waals surface area contributed by atoms with E-state index in [2.05, 4.69) is 10.4 Å². The fourth-order valence-electron chi connectivity index (χ4n) is 2.00. The lowest BCUT2D eigenvalue weighted by Crippen LogP contribution is -2.36. The van der Waals surface area contributed by atoms with Crippen molar-refractivity contribution >= 4 is 6.03 Å². The molecule has 0 saturated carbocycles. The molecule has 0 bridgehead atoms. The van der Waals surface area contributed by atoms with Crippen molar-refractivity contribution in [2.75, 3.05) is 7.05 Å². The number of urea groups is 1. The van der Waals surface area contributed by atoms with Gasteiger partial charge in [0.05, 0.1) is 12.7 Å².